The van der Waals surface area contributed by atoms with E-state index in [1.165, 1.54) is 5.56 Å². The summed E-state index contributed by atoms with van der Waals surface area (Å²) in [6.45, 7) is 6.00. The lowest BCUT2D eigenvalue weighted by atomic mass is 10.0. The lowest BCUT2D eigenvalue weighted by Gasteiger charge is -2.30. The van der Waals surface area contributed by atoms with Crippen LogP contribution in [0, 0.1) is 0 Å². The van der Waals surface area contributed by atoms with Crippen LogP contribution >= 0.6 is 0 Å². The fraction of sp³-hybridized carbons (Fsp3) is 0.385. The summed E-state index contributed by atoms with van der Waals surface area (Å²) in [4.78, 5) is 2.15. The molecule has 2 rings (SSSR count). The topological polar surface area (TPSA) is 3.24 Å². The highest BCUT2D eigenvalue weighted by Gasteiger charge is 2.21. The smallest absolute Gasteiger partial charge is 0.134 e. The maximum Gasteiger partial charge on any atom is 0.134 e. The van der Waals surface area contributed by atoms with Gasteiger partial charge in [-0.1, -0.05) is 36.9 Å². The first kappa shape index (κ1) is 10.4. The van der Waals surface area contributed by atoms with E-state index in [-0.39, 0.29) is 0 Å². The minimum absolute atomic E-state index is 0.494. The highest BCUT2D eigenvalue weighted by molar-refractivity contribution is 5.15. The van der Waals surface area contributed by atoms with E-state index < -0.39 is 6.17 Å². The average Bonchev–Trinajstić information content (AvgIpc) is 2.25. The molecule has 1 fully saturated rings. The van der Waals surface area contributed by atoms with Crippen LogP contribution in [0.1, 0.15) is 12.0 Å². The lowest BCUT2D eigenvalue weighted by molar-refractivity contribution is 0.173. The van der Waals surface area contributed by atoms with Crippen molar-refractivity contribution in [3.05, 3.63) is 48.0 Å². The molecular formula is C13H16FN. The van der Waals surface area contributed by atoms with Crippen LogP contribution in [0.25, 0.3) is 0 Å². The Labute approximate surface area is 90.2 Å². The van der Waals surface area contributed by atoms with Crippen molar-refractivity contribution in [1.29, 1.82) is 0 Å². The molecule has 0 aromatic heterocycles. The summed E-state index contributed by atoms with van der Waals surface area (Å²) < 4.78 is 13.4. The van der Waals surface area contributed by atoms with Gasteiger partial charge in [0.2, 0.25) is 0 Å². The van der Waals surface area contributed by atoms with Crippen LogP contribution in [-0.2, 0) is 6.54 Å². The Morgan fingerprint density at radius 3 is 2.73 bits per heavy atom. The van der Waals surface area contributed by atoms with Crippen molar-refractivity contribution in [3.8, 4) is 0 Å². The van der Waals surface area contributed by atoms with E-state index in [1.54, 1.807) is 0 Å². The second-order valence-corrected chi connectivity index (χ2v) is 4.10. The molecule has 0 bridgehead atoms. The third-order valence-electron chi connectivity index (χ3n) is 2.86. The molecule has 2 heteroatoms. The summed E-state index contributed by atoms with van der Waals surface area (Å²) >= 11 is 0. The average molecular weight is 205 g/mol. The summed E-state index contributed by atoms with van der Waals surface area (Å²) in [6.07, 6.45) is -0.0592. The second kappa shape index (κ2) is 4.58. The lowest BCUT2D eigenvalue weighted by Crippen LogP contribution is -2.37. The van der Waals surface area contributed by atoms with Crippen molar-refractivity contribution >= 4 is 0 Å². The number of piperidine rings is 1. The van der Waals surface area contributed by atoms with Crippen LogP contribution < -0.4 is 0 Å². The van der Waals surface area contributed by atoms with Gasteiger partial charge >= 0.3 is 0 Å². The molecule has 0 amide bonds. The van der Waals surface area contributed by atoms with E-state index in [0.29, 0.717) is 6.54 Å². The van der Waals surface area contributed by atoms with Gasteiger partial charge in [-0.3, -0.25) is 4.90 Å². The molecule has 1 saturated heterocycles. The Morgan fingerprint density at radius 2 is 2.07 bits per heavy atom. The van der Waals surface area contributed by atoms with Crippen LogP contribution in [0.5, 0.6) is 0 Å². The minimum atomic E-state index is -0.845. The van der Waals surface area contributed by atoms with Crippen molar-refractivity contribution in [2.45, 2.75) is 19.1 Å². The predicted octanol–water partition coefficient (Wildman–Crippen LogP) is 2.79. The minimum Gasteiger partial charge on any atom is -0.296 e. The van der Waals surface area contributed by atoms with Gasteiger partial charge in [0.1, 0.15) is 6.17 Å². The van der Waals surface area contributed by atoms with Crippen LogP contribution in [0.3, 0.4) is 0 Å². The van der Waals surface area contributed by atoms with Crippen LogP contribution in [0.4, 0.5) is 4.39 Å². The summed E-state index contributed by atoms with van der Waals surface area (Å²) in [5, 5.41) is 0. The fourth-order valence-electron chi connectivity index (χ4n) is 1.89. The van der Waals surface area contributed by atoms with Gasteiger partial charge < -0.3 is 0 Å². The number of nitrogens with zero attached hydrogens (tertiary/aromatic N) is 1. The van der Waals surface area contributed by atoms with E-state index in [9.17, 15) is 4.39 Å². The van der Waals surface area contributed by atoms with Gasteiger partial charge in [-0.15, -0.1) is 0 Å². The van der Waals surface area contributed by atoms with Crippen molar-refractivity contribution < 1.29 is 4.39 Å². The summed E-state index contributed by atoms with van der Waals surface area (Å²) in [7, 11) is 0. The van der Waals surface area contributed by atoms with E-state index in [0.717, 1.165) is 25.1 Å². The molecule has 0 N–H and O–H groups in total. The van der Waals surface area contributed by atoms with E-state index in [4.69, 9.17) is 0 Å². The molecular weight excluding hydrogens is 189 g/mol. The van der Waals surface area contributed by atoms with E-state index in [2.05, 4.69) is 23.6 Å². The van der Waals surface area contributed by atoms with Crippen LogP contribution in [0.2, 0.25) is 0 Å². The molecule has 1 unspecified atom stereocenters. The molecule has 1 aliphatic heterocycles. The summed E-state index contributed by atoms with van der Waals surface area (Å²) in [5.41, 5.74) is 2.00. The van der Waals surface area contributed by atoms with Crippen molar-refractivity contribution in [2.75, 3.05) is 13.1 Å². The van der Waals surface area contributed by atoms with Crippen molar-refractivity contribution in [3.63, 3.8) is 0 Å². The van der Waals surface area contributed by atoms with Crippen LogP contribution in [0.15, 0.2) is 42.5 Å². The normalized spacial score (nSPS) is 23.0. The molecule has 1 aromatic carbocycles. The summed E-state index contributed by atoms with van der Waals surface area (Å²) in [5.74, 6) is 0. The summed E-state index contributed by atoms with van der Waals surface area (Å²) in [6, 6.07) is 10.2. The number of likely N-dealkylation sites (tertiary alicyclic amines) is 1. The Kier molecular flexibility index (Phi) is 3.17. The molecule has 0 radical (unpaired) electrons. The number of hydrogen-bond acceptors (Lipinski definition) is 1. The standard InChI is InChI=1S/C13H16FN/c1-11-7-8-15(10-13(11)14)9-12-5-3-2-4-6-12/h2-6,13H,1,7-10H2. The molecule has 1 atom stereocenters. The molecule has 15 heavy (non-hydrogen) atoms. The highest BCUT2D eigenvalue weighted by atomic mass is 19.1. The predicted molar refractivity (Wildman–Crippen MR) is 60.4 cm³/mol. The molecule has 0 saturated carbocycles. The SMILES string of the molecule is C=C1CCN(Cc2ccccc2)CC1F. The monoisotopic (exact) mass is 205 g/mol. The molecule has 1 aromatic rings. The Morgan fingerprint density at radius 1 is 1.33 bits per heavy atom. The molecule has 1 heterocycles. The zero-order chi connectivity index (χ0) is 10.7. The number of rotatable bonds is 2. The largest absolute Gasteiger partial charge is 0.296 e. The zero-order valence-electron chi connectivity index (χ0n) is 8.82. The zero-order valence-corrected chi connectivity index (χ0v) is 8.82. The Hall–Kier alpha value is -1.15. The maximum atomic E-state index is 13.4. The maximum absolute atomic E-state index is 13.4. The molecule has 0 aliphatic carbocycles. The molecule has 1 nitrogen and oxygen atoms in total. The van der Waals surface area contributed by atoms with Gasteiger partial charge in [0.15, 0.2) is 0 Å². The Bertz CT molecular complexity index is 334. The number of alkyl halides is 1. The van der Waals surface area contributed by atoms with E-state index in [1.807, 2.05) is 18.2 Å². The first-order valence-corrected chi connectivity index (χ1v) is 5.34. The first-order valence-electron chi connectivity index (χ1n) is 5.34. The fourth-order valence-corrected chi connectivity index (χ4v) is 1.89. The highest BCUT2D eigenvalue weighted by Crippen LogP contribution is 2.19. The third kappa shape index (κ3) is 2.66. The molecule has 0 spiro atoms. The number of benzene rings is 1. The van der Waals surface area contributed by atoms with Gasteiger partial charge in [0.25, 0.3) is 0 Å². The van der Waals surface area contributed by atoms with E-state index >= 15 is 0 Å². The van der Waals surface area contributed by atoms with Gasteiger partial charge in [-0.2, -0.15) is 0 Å². The quantitative estimate of drug-likeness (QED) is 0.671. The first-order chi connectivity index (χ1) is 7.25. The van der Waals surface area contributed by atoms with Gasteiger partial charge in [0.05, 0.1) is 0 Å². The van der Waals surface area contributed by atoms with Crippen molar-refractivity contribution in [1.82, 2.24) is 4.90 Å². The number of hydrogen-bond donors (Lipinski definition) is 0. The van der Waals surface area contributed by atoms with Gasteiger partial charge in [0, 0.05) is 19.6 Å². The van der Waals surface area contributed by atoms with Gasteiger partial charge in [-0.05, 0) is 17.6 Å². The van der Waals surface area contributed by atoms with Crippen LogP contribution in [-0.4, -0.2) is 24.2 Å². The molecule has 80 valence electrons. The molecule has 1 aliphatic rings. The number of halogens is 1. The Balaban J connectivity index is 1.94. The third-order valence-corrected chi connectivity index (χ3v) is 2.86. The second-order valence-electron chi connectivity index (χ2n) is 4.10. The van der Waals surface area contributed by atoms with Gasteiger partial charge in [-0.25, -0.2) is 4.39 Å². The van der Waals surface area contributed by atoms with Crippen molar-refractivity contribution in [2.24, 2.45) is 0 Å².